The molecule has 3 aromatic rings. The number of hydrogen-bond donors (Lipinski definition) is 2. The largest absolute Gasteiger partial charge is 0.465 e. The molecule has 0 fully saturated rings. The summed E-state index contributed by atoms with van der Waals surface area (Å²) in [6.45, 7) is 0. The number of carbonyl (C=O) groups is 2. The van der Waals surface area contributed by atoms with Crippen LogP contribution in [0.3, 0.4) is 0 Å². The van der Waals surface area contributed by atoms with Crippen LogP contribution in [0.5, 0.6) is 0 Å². The number of anilines is 1. The smallest absolute Gasteiger partial charge is 0.272 e. The Bertz CT molecular complexity index is 841. The molecule has 0 aromatic carbocycles. The van der Waals surface area contributed by atoms with E-state index in [4.69, 9.17) is 4.42 Å². The quantitative estimate of drug-likeness (QED) is 0.699. The minimum atomic E-state index is -0.456. The molecule has 3 heterocycles. The maximum Gasteiger partial charge on any atom is 0.272 e. The first-order valence-electron chi connectivity index (χ1n) is 7.04. The van der Waals surface area contributed by atoms with Gasteiger partial charge in [0.15, 0.2) is 0 Å². The van der Waals surface area contributed by atoms with E-state index in [-0.39, 0.29) is 11.6 Å². The number of nitrogens with zero attached hydrogens (tertiary/aromatic N) is 1. The highest BCUT2D eigenvalue weighted by Crippen LogP contribution is 2.13. The molecule has 0 bridgehead atoms. The Kier molecular flexibility index (Phi) is 4.83. The molecule has 3 rings (SSSR count). The lowest BCUT2D eigenvalue weighted by Gasteiger charge is -2.10. The van der Waals surface area contributed by atoms with Gasteiger partial charge in [-0.25, -0.2) is 0 Å². The van der Waals surface area contributed by atoms with E-state index >= 15 is 0 Å². The van der Waals surface area contributed by atoms with Gasteiger partial charge < -0.3 is 15.1 Å². The highest BCUT2D eigenvalue weighted by molar-refractivity contribution is 7.12. The van der Waals surface area contributed by atoms with Crippen molar-refractivity contribution in [3.63, 3.8) is 0 Å². The highest BCUT2D eigenvalue weighted by Gasteiger charge is 2.16. The number of nitrogens with one attached hydrogen (secondary N) is 2. The van der Waals surface area contributed by atoms with E-state index in [1.165, 1.54) is 23.7 Å². The summed E-state index contributed by atoms with van der Waals surface area (Å²) in [5, 5.41) is 7.12. The van der Waals surface area contributed by atoms with Crippen LogP contribution in [-0.2, 0) is 4.79 Å². The third kappa shape index (κ3) is 3.96. The van der Waals surface area contributed by atoms with Crippen molar-refractivity contribution in [2.45, 2.75) is 0 Å². The standard InChI is InChI=1S/C17H13N3O3S/c21-16(19-12-5-7-18-8-6-12)14(11-13-3-1-9-23-13)20-17(22)15-4-2-10-24-15/h1-11H,(H,20,22)(H,18,19,21). The number of furan rings is 1. The first-order valence-corrected chi connectivity index (χ1v) is 7.92. The van der Waals surface area contributed by atoms with Crippen LogP contribution < -0.4 is 10.6 Å². The van der Waals surface area contributed by atoms with Crippen LogP contribution in [0.1, 0.15) is 15.4 Å². The minimum absolute atomic E-state index is 0.0835. The molecule has 0 spiro atoms. The van der Waals surface area contributed by atoms with Crippen molar-refractivity contribution in [2.75, 3.05) is 5.32 Å². The van der Waals surface area contributed by atoms with E-state index in [0.717, 1.165) is 0 Å². The van der Waals surface area contributed by atoms with Gasteiger partial charge >= 0.3 is 0 Å². The predicted molar refractivity (Wildman–Crippen MR) is 91.3 cm³/mol. The summed E-state index contributed by atoms with van der Waals surface area (Å²) in [5.41, 5.74) is 0.658. The van der Waals surface area contributed by atoms with Crippen LogP contribution in [0.2, 0.25) is 0 Å². The number of amides is 2. The maximum absolute atomic E-state index is 12.5. The van der Waals surface area contributed by atoms with E-state index in [1.807, 2.05) is 0 Å². The lowest BCUT2D eigenvalue weighted by Crippen LogP contribution is -2.30. The van der Waals surface area contributed by atoms with Gasteiger partial charge in [-0.15, -0.1) is 11.3 Å². The fourth-order valence-electron chi connectivity index (χ4n) is 1.90. The summed E-state index contributed by atoms with van der Waals surface area (Å²) in [6, 6.07) is 10.2. The van der Waals surface area contributed by atoms with Crippen LogP contribution >= 0.6 is 11.3 Å². The van der Waals surface area contributed by atoms with Gasteiger partial charge in [0.1, 0.15) is 11.5 Å². The Hall–Kier alpha value is -3.19. The average Bonchev–Trinajstić information content (AvgIpc) is 3.29. The van der Waals surface area contributed by atoms with Crippen molar-refractivity contribution < 1.29 is 14.0 Å². The van der Waals surface area contributed by atoms with Crippen LogP contribution in [-0.4, -0.2) is 16.8 Å². The second-order valence-corrected chi connectivity index (χ2v) is 5.64. The minimum Gasteiger partial charge on any atom is -0.465 e. The molecule has 0 aliphatic carbocycles. The molecule has 0 saturated heterocycles. The van der Waals surface area contributed by atoms with Crippen molar-refractivity contribution in [3.8, 4) is 0 Å². The number of hydrogen-bond acceptors (Lipinski definition) is 5. The summed E-state index contributed by atoms with van der Waals surface area (Å²) in [5.74, 6) is -0.350. The fourth-order valence-corrected chi connectivity index (χ4v) is 2.52. The van der Waals surface area contributed by atoms with E-state index < -0.39 is 5.91 Å². The van der Waals surface area contributed by atoms with Gasteiger partial charge in [0, 0.05) is 24.2 Å². The lowest BCUT2D eigenvalue weighted by molar-refractivity contribution is -0.113. The molecular formula is C17H13N3O3S. The zero-order valence-corrected chi connectivity index (χ0v) is 13.2. The monoisotopic (exact) mass is 339 g/mol. The lowest BCUT2D eigenvalue weighted by atomic mass is 10.3. The maximum atomic E-state index is 12.5. The first-order chi connectivity index (χ1) is 11.7. The average molecular weight is 339 g/mol. The van der Waals surface area contributed by atoms with Crippen LogP contribution in [0, 0.1) is 0 Å². The SMILES string of the molecule is O=C(Nc1ccncc1)C(=Cc1ccco1)NC(=O)c1cccs1. The Balaban J connectivity index is 1.82. The summed E-state index contributed by atoms with van der Waals surface area (Å²) in [7, 11) is 0. The molecule has 0 aliphatic heterocycles. The van der Waals surface area contributed by atoms with Gasteiger partial charge in [-0.05, 0) is 35.7 Å². The zero-order chi connectivity index (χ0) is 16.8. The second-order valence-electron chi connectivity index (χ2n) is 4.69. The normalized spacial score (nSPS) is 11.1. The number of carbonyl (C=O) groups excluding carboxylic acids is 2. The molecular weight excluding hydrogens is 326 g/mol. The number of thiophene rings is 1. The van der Waals surface area contributed by atoms with Crippen molar-refractivity contribution in [3.05, 3.63) is 76.8 Å². The molecule has 24 heavy (non-hydrogen) atoms. The molecule has 7 heteroatoms. The highest BCUT2D eigenvalue weighted by atomic mass is 32.1. The van der Waals surface area contributed by atoms with Crippen LogP contribution in [0.15, 0.2) is 70.5 Å². The van der Waals surface area contributed by atoms with Crippen molar-refractivity contribution in [1.29, 1.82) is 0 Å². The zero-order valence-electron chi connectivity index (χ0n) is 12.4. The Morgan fingerprint density at radius 1 is 1.12 bits per heavy atom. The third-order valence-corrected chi connectivity index (χ3v) is 3.87. The summed E-state index contributed by atoms with van der Waals surface area (Å²) >= 11 is 1.29. The summed E-state index contributed by atoms with van der Waals surface area (Å²) in [6.07, 6.45) is 6.10. The number of rotatable bonds is 5. The second kappa shape index (κ2) is 7.38. The molecule has 0 saturated carbocycles. The molecule has 120 valence electrons. The number of aromatic nitrogens is 1. The molecule has 0 unspecified atom stereocenters. The van der Waals surface area contributed by atoms with Crippen LogP contribution in [0.25, 0.3) is 6.08 Å². The van der Waals surface area contributed by atoms with Gasteiger partial charge in [-0.1, -0.05) is 6.07 Å². The molecule has 0 atom stereocenters. The van der Waals surface area contributed by atoms with Gasteiger partial charge in [-0.3, -0.25) is 14.6 Å². The topological polar surface area (TPSA) is 84.2 Å². The Morgan fingerprint density at radius 3 is 2.62 bits per heavy atom. The first kappa shape index (κ1) is 15.7. The van der Waals surface area contributed by atoms with E-state index in [0.29, 0.717) is 16.3 Å². The Morgan fingerprint density at radius 2 is 1.96 bits per heavy atom. The fraction of sp³-hybridized carbons (Fsp3) is 0. The molecule has 2 amide bonds. The third-order valence-electron chi connectivity index (χ3n) is 3.01. The molecule has 3 aromatic heterocycles. The van der Waals surface area contributed by atoms with Gasteiger partial charge in [0.25, 0.3) is 11.8 Å². The van der Waals surface area contributed by atoms with Crippen molar-refractivity contribution >= 4 is 34.9 Å². The summed E-state index contributed by atoms with van der Waals surface area (Å²) in [4.78, 5) is 29.1. The van der Waals surface area contributed by atoms with Gasteiger partial charge in [-0.2, -0.15) is 0 Å². The van der Waals surface area contributed by atoms with Gasteiger partial charge in [0.2, 0.25) is 0 Å². The summed E-state index contributed by atoms with van der Waals surface area (Å²) < 4.78 is 5.22. The number of pyridine rings is 1. The molecule has 2 N–H and O–H groups in total. The predicted octanol–water partition coefficient (Wildman–Crippen LogP) is 3.15. The van der Waals surface area contributed by atoms with E-state index in [2.05, 4.69) is 15.6 Å². The van der Waals surface area contributed by atoms with Crippen molar-refractivity contribution in [2.24, 2.45) is 0 Å². The molecule has 0 radical (unpaired) electrons. The molecule has 6 nitrogen and oxygen atoms in total. The molecule has 0 aliphatic rings. The van der Waals surface area contributed by atoms with Gasteiger partial charge in [0.05, 0.1) is 11.1 Å². The Labute approximate surface area is 141 Å². The van der Waals surface area contributed by atoms with E-state index in [1.54, 1.807) is 54.2 Å². The van der Waals surface area contributed by atoms with E-state index in [9.17, 15) is 9.59 Å². The van der Waals surface area contributed by atoms with Crippen LogP contribution in [0.4, 0.5) is 5.69 Å². The van der Waals surface area contributed by atoms with Crippen molar-refractivity contribution in [1.82, 2.24) is 10.3 Å².